The molecule has 0 radical (unpaired) electrons. The van der Waals surface area contributed by atoms with Crippen LogP contribution in [0.2, 0.25) is 0 Å². The molecule has 0 unspecified atom stereocenters. The molecular weight excluding hydrogens is 302 g/mol. The lowest BCUT2D eigenvalue weighted by atomic mass is 10.0. The zero-order chi connectivity index (χ0) is 12.5. The van der Waals surface area contributed by atoms with E-state index in [1.165, 1.54) is 5.41 Å². The van der Waals surface area contributed by atoms with Crippen LogP contribution in [0, 0.1) is 0 Å². The third kappa shape index (κ3) is 2.46. The van der Waals surface area contributed by atoms with Gasteiger partial charge in [-0.05, 0) is 59.6 Å². The number of rotatable bonds is 4. The number of fused-ring (bicyclic) bond motifs is 1. The van der Waals surface area contributed by atoms with E-state index < -0.39 is 9.84 Å². The van der Waals surface area contributed by atoms with Crippen molar-refractivity contribution in [1.29, 1.82) is 0 Å². The fraction of sp³-hybridized carbons (Fsp3) is 0.333. The summed E-state index contributed by atoms with van der Waals surface area (Å²) in [4.78, 5) is 0.416. The largest absolute Gasteiger partial charge is 0.320 e. The first kappa shape index (κ1) is 12.8. The van der Waals surface area contributed by atoms with Crippen LogP contribution in [0.1, 0.15) is 18.4 Å². The maximum absolute atomic E-state index is 12.0. The van der Waals surface area contributed by atoms with E-state index >= 15 is 0 Å². The summed E-state index contributed by atoms with van der Waals surface area (Å²) < 4.78 is 24.6. The number of sulfone groups is 1. The molecule has 17 heavy (non-hydrogen) atoms. The summed E-state index contributed by atoms with van der Waals surface area (Å²) in [5.41, 5.74) is 1.76. The Morgan fingerprint density at radius 2 is 2.12 bits per heavy atom. The van der Waals surface area contributed by atoms with Crippen molar-refractivity contribution < 1.29 is 8.42 Å². The SMILES string of the molecule is CNCCCC1=CS(=O)(=O)c2c(Br)cccc21. The number of benzene rings is 1. The van der Waals surface area contributed by atoms with E-state index in [-0.39, 0.29) is 0 Å². The van der Waals surface area contributed by atoms with E-state index in [1.54, 1.807) is 6.07 Å². The molecule has 0 saturated carbocycles. The van der Waals surface area contributed by atoms with E-state index in [2.05, 4.69) is 21.2 Å². The average molecular weight is 316 g/mol. The fourth-order valence-corrected chi connectivity index (χ4v) is 4.64. The fourth-order valence-electron chi connectivity index (χ4n) is 2.01. The Morgan fingerprint density at radius 3 is 2.82 bits per heavy atom. The Hall–Kier alpha value is -0.650. The van der Waals surface area contributed by atoms with Crippen LogP contribution in [-0.4, -0.2) is 22.0 Å². The zero-order valence-corrected chi connectivity index (χ0v) is 11.9. The van der Waals surface area contributed by atoms with Crippen LogP contribution in [0.3, 0.4) is 0 Å². The second-order valence-corrected chi connectivity index (χ2v) is 6.60. The van der Waals surface area contributed by atoms with Crippen LogP contribution in [0.5, 0.6) is 0 Å². The lowest BCUT2D eigenvalue weighted by Gasteiger charge is -2.05. The summed E-state index contributed by atoms with van der Waals surface area (Å²) in [6.45, 7) is 0.890. The van der Waals surface area contributed by atoms with Crippen molar-refractivity contribution in [2.75, 3.05) is 13.6 Å². The summed E-state index contributed by atoms with van der Waals surface area (Å²) in [5, 5.41) is 4.46. The van der Waals surface area contributed by atoms with Crippen molar-refractivity contribution in [3.05, 3.63) is 33.6 Å². The van der Waals surface area contributed by atoms with Crippen molar-refractivity contribution in [3.63, 3.8) is 0 Å². The number of halogens is 1. The molecule has 0 bridgehead atoms. The third-order valence-corrected chi connectivity index (χ3v) is 5.29. The minimum Gasteiger partial charge on any atom is -0.320 e. The van der Waals surface area contributed by atoms with E-state index in [0.717, 1.165) is 30.5 Å². The molecule has 1 aliphatic heterocycles. The first-order chi connectivity index (χ1) is 8.06. The lowest BCUT2D eigenvalue weighted by molar-refractivity contribution is 0.605. The van der Waals surface area contributed by atoms with Gasteiger partial charge in [0.2, 0.25) is 9.84 Å². The molecule has 0 aromatic heterocycles. The van der Waals surface area contributed by atoms with E-state index in [9.17, 15) is 8.42 Å². The molecule has 0 spiro atoms. The van der Waals surface area contributed by atoms with Gasteiger partial charge in [-0.25, -0.2) is 8.42 Å². The Balaban J connectivity index is 2.37. The first-order valence-corrected chi connectivity index (χ1v) is 7.79. The van der Waals surface area contributed by atoms with Crippen molar-refractivity contribution in [3.8, 4) is 0 Å². The van der Waals surface area contributed by atoms with Gasteiger partial charge in [0.25, 0.3) is 0 Å². The summed E-state index contributed by atoms with van der Waals surface area (Å²) in [6.07, 6.45) is 1.72. The van der Waals surface area contributed by atoms with E-state index in [1.807, 2.05) is 19.2 Å². The molecular formula is C12H14BrNO2S. The minimum atomic E-state index is -3.25. The number of hydrogen-bond donors (Lipinski definition) is 1. The van der Waals surface area contributed by atoms with Crippen molar-refractivity contribution >= 4 is 31.3 Å². The highest BCUT2D eigenvalue weighted by molar-refractivity contribution is 9.10. The highest BCUT2D eigenvalue weighted by atomic mass is 79.9. The van der Waals surface area contributed by atoms with Gasteiger partial charge < -0.3 is 5.32 Å². The number of nitrogens with one attached hydrogen (secondary N) is 1. The molecule has 2 rings (SSSR count). The normalized spacial score (nSPS) is 16.7. The van der Waals surface area contributed by atoms with Gasteiger partial charge in [-0.2, -0.15) is 0 Å². The molecule has 1 aromatic carbocycles. The van der Waals surface area contributed by atoms with Crippen molar-refractivity contribution in [1.82, 2.24) is 5.32 Å². The first-order valence-electron chi connectivity index (χ1n) is 5.45. The highest BCUT2D eigenvalue weighted by Crippen LogP contribution is 2.39. The Morgan fingerprint density at radius 1 is 1.35 bits per heavy atom. The molecule has 0 amide bonds. The van der Waals surface area contributed by atoms with Gasteiger partial charge in [0, 0.05) is 9.88 Å². The van der Waals surface area contributed by atoms with Crippen LogP contribution in [0.25, 0.3) is 5.57 Å². The molecule has 92 valence electrons. The number of hydrogen-bond acceptors (Lipinski definition) is 3. The Bertz CT molecular complexity index is 564. The Labute approximate surface area is 110 Å². The van der Waals surface area contributed by atoms with E-state index in [0.29, 0.717) is 9.37 Å². The molecule has 0 atom stereocenters. The van der Waals surface area contributed by atoms with Crippen LogP contribution < -0.4 is 5.32 Å². The molecule has 0 fully saturated rings. The topological polar surface area (TPSA) is 46.2 Å². The second kappa shape index (κ2) is 4.92. The molecule has 1 aliphatic rings. The molecule has 0 aliphatic carbocycles. The quantitative estimate of drug-likeness (QED) is 0.869. The molecule has 5 heteroatoms. The maximum Gasteiger partial charge on any atom is 0.201 e. The van der Waals surface area contributed by atoms with Gasteiger partial charge in [0.15, 0.2) is 0 Å². The van der Waals surface area contributed by atoms with Crippen molar-refractivity contribution in [2.45, 2.75) is 17.7 Å². The van der Waals surface area contributed by atoms with Gasteiger partial charge in [0.1, 0.15) is 0 Å². The van der Waals surface area contributed by atoms with Gasteiger partial charge in [0.05, 0.1) is 4.90 Å². The lowest BCUT2D eigenvalue weighted by Crippen LogP contribution is -2.07. The van der Waals surface area contributed by atoms with Gasteiger partial charge in [-0.1, -0.05) is 12.1 Å². The molecule has 1 heterocycles. The van der Waals surface area contributed by atoms with Crippen LogP contribution in [0.15, 0.2) is 33.0 Å². The number of allylic oxidation sites excluding steroid dienone is 1. The van der Waals surface area contributed by atoms with Gasteiger partial charge in [-0.3, -0.25) is 0 Å². The van der Waals surface area contributed by atoms with Crippen LogP contribution in [-0.2, 0) is 9.84 Å². The summed E-state index contributed by atoms with van der Waals surface area (Å²) in [6, 6.07) is 5.51. The van der Waals surface area contributed by atoms with Gasteiger partial charge in [-0.15, -0.1) is 0 Å². The minimum absolute atomic E-state index is 0.416. The third-order valence-electron chi connectivity index (χ3n) is 2.77. The predicted octanol–water partition coefficient (Wildman–Crippen LogP) is 2.58. The van der Waals surface area contributed by atoms with Crippen molar-refractivity contribution in [2.24, 2.45) is 0 Å². The summed E-state index contributed by atoms with van der Waals surface area (Å²) in [5.74, 6) is 0. The Kier molecular flexibility index (Phi) is 3.70. The maximum atomic E-state index is 12.0. The monoisotopic (exact) mass is 315 g/mol. The smallest absolute Gasteiger partial charge is 0.201 e. The second-order valence-electron chi connectivity index (χ2n) is 4.01. The van der Waals surface area contributed by atoms with Gasteiger partial charge >= 0.3 is 0 Å². The highest BCUT2D eigenvalue weighted by Gasteiger charge is 2.28. The standard InChI is InChI=1S/C12H14BrNO2S/c1-14-7-3-4-9-8-17(15,16)12-10(9)5-2-6-11(12)13/h2,5-6,8,14H,3-4,7H2,1H3. The molecule has 3 nitrogen and oxygen atoms in total. The summed E-state index contributed by atoms with van der Waals surface area (Å²) in [7, 11) is -1.36. The van der Waals surface area contributed by atoms with E-state index in [4.69, 9.17) is 0 Å². The molecule has 0 saturated heterocycles. The average Bonchev–Trinajstić information content (AvgIpc) is 2.52. The van der Waals surface area contributed by atoms with Crippen LogP contribution in [0.4, 0.5) is 0 Å². The molecule has 1 aromatic rings. The predicted molar refractivity (Wildman–Crippen MR) is 72.5 cm³/mol. The molecule has 1 N–H and O–H groups in total. The van der Waals surface area contributed by atoms with Crippen LogP contribution >= 0.6 is 15.9 Å². The summed E-state index contributed by atoms with van der Waals surface area (Å²) >= 11 is 3.31. The zero-order valence-electron chi connectivity index (χ0n) is 9.53.